The van der Waals surface area contributed by atoms with E-state index in [1.54, 1.807) is 6.07 Å². The molecule has 1 aliphatic carbocycles. The van der Waals surface area contributed by atoms with Gasteiger partial charge < -0.3 is 15.2 Å². The van der Waals surface area contributed by atoms with Gasteiger partial charge in [0.05, 0.1) is 12.5 Å². The third kappa shape index (κ3) is 3.23. The standard InChI is InChI=1S/C14H18FNO3/c1-19-12-3-2-10(8-11(12)15)4-7-16-9-14(5-6-14)13(17)18/h2-3,8,16H,4-7,9H2,1H3,(H,17,18). The zero-order chi connectivity index (χ0) is 13.9. The number of carboxylic acid groups (broad SMARTS) is 1. The first-order valence-corrected chi connectivity index (χ1v) is 6.34. The maximum Gasteiger partial charge on any atom is 0.310 e. The summed E-state index contributed by atoms with van der Waals surface area (Å²) in [6.07, 6.45) is 2.15. The van der Waals surface area contributed by atoms with E-state index in [1.807, 2.05) is 6.07 Å². The van der Waals surface area contributed by atoms with Crippen molar-refractivity contribution in [3.05, 3.63) is 29.6 Å². The fourth-order valence-corrected chi connectivity index (χ4v) is 2.04. The van der Waals surface area contributed by atoms with Crippen LogP contribution in [0.4, 0.5) is 4.39 Å². The lowest BCUT2D eigenvalue weighted by Crippen LogP contribution is -2.31. The smallest absolute Gasteiger partial charge is 0.310 e. The summed E-state index contributed by atoms with van der Waals surface area (Å²) in [6, 6.07) is 4.86. The van der Waals surface area contributed by atoms with Gasteiger partial charge in [-0.3, -0.25) is 4.79 Å². The second-order valence-electron chi connectivity index (χ2n) is 4.98. The highest BCUT2D eigenvalue weighted by atomic mass is 19.1. The molecule has 0 spiro atoms. The Morgan fingerprint density at radius 2 is 2.26 bits per heavy atom. The largest absolute Gasteiger partial charge is 0.494 e. The molecule has 0 aromatic heterocycles. The lowest BCUT2D eigenvalue weighted by atomic mass is 10.1. The maximum atomic E-state index is 13.4. The van der Waals surface area contributed by atoms with Crippen LogP contribution >= 0.6 is 0 Å². The summed E-state index contributed by atoms with van der Waals surface area (Å²) in [5.74, 6) is -0.862. The molecule has 19 heavy (non-hydrogen) atoms. The van der Waals surface area contributed by atoms with Gasteiger partial charge in [-0.25, -0.2) is 4.39 Å². The van der Waals surface area contributed by atoms with Crippen molar-refractivity contribution >= 4 is 5.97 Å². The summed E-state index contributed by atoms with van der Waals surface area (Å²) in [6.45, 7) is 1.13. The zero-order valence-electron chi connectivity index (χ0n) is 10.9. The van der Waals surface area contributed by atoms with Crippen LogP contribution in [0, 0.1) is 11.2 Å². The molecule has 1 aromatic rings. The summed E-state index contributed by atoms with van der Waals surface area (Å²) in [5.41, 5.74) is 0.316. The highest BCUT2D eigenvalue weighted by molar-refractivity contribution is 5.78. The molecule has 1 fully saturated rings. The lowest BCUT2D eigenvalue weighted by Gasteiger charge is -2.11. The fourth-order valence-electron chi connectivity index (χ4n) is 2.04. The average molecular weight is 267 g/mol. The molecular weight excluding hydrogens is 249 g/mol. The van der Waals surface area contributed by atoms with Crippen LogP contribution < -0.4 is 10.1 Å². The van der Waals surface area contributed by atoms with Gasteiger partial charge >= 0.3 is 5.97 Å². The molecule has 104 valence electrons. The lowest BCUT2D eigenvalue weighted by molar-refractivity contribution is -0.143. The molecular formula is C14H18FNO3. The highest BCUT2D eigenvalue weighted by Crippen LogP contribution is 2.45. The Morgan fingerprint density at radius 1 is 1.53 bits per heavy atom. The van der Waals surface area contributed by atoms with E-state index in [1.165, 1.54) is 13.2 Å². The second kappa shape index (κ2) is 5.57. The van der Waals surface area contributed by atoms with Gasteiger partial charge in [0.1, 0.15) is 0 Å². The fraction of sp³-hybridized carbons (Fsp3) is 0.500. The minimum absolute atomic E-state index is 0.236. The van der Waals surface area contributed by atoms with Gasteiger partial charge in [-0.15, -0.1) is 0 Å². The minimum atomic E-state index is -0.726. The van der Waals surface area contributed by atoms with Gasteiger partial charge in [0, 0.05) is 6.54 Å². The van der Waals surface area contributed by atoms with Crippen molar-refractivity contribution in [3.8, 4) is 5.75 Å². The van der Waals surface area contributed by atoms with Gasteiger partial charge in [-0.2, -0.15) is 0 Å². The number of hydrogen-bond acceptors (Lipinski definition) is 3. The minimum Gasteiger partial charge on any atom is -0.494 e. The van der Waals surface area contributed by atoms with Crippen molar-refractivity contribution in [2.45, 2.75) is 19.3 Å². The first-order valence-electron chi connectivity index (χ1n) is 6.34. The molecule has 5 heteroatoms. The van der Waals surface area contributed by atoms with Gasteiger partial charge in [0.15, 0.2) is 11.6 Å². The van der Waals surface area contributed by atoms with E-state index in [0.29, 0.717) is 19.5 Å². The van der Waals surface area contributed by atoms with Crippen molar-refractivity contribution in [2.75, 3.05) is 20.2 Å². The van der Waals surface area contributed by atoms with E-state index in [0.717, 1.165) is 18.4 Å². The number of rotatable bonds is 7. The number of methoxy groups -OCH3 is 1. The molecule has 2 N–H and O–H groups in total. The molecule has 0 amide bonds. The van der Waals surface area contributed by atoms with Crippen LogP contribution in [0.15, 0.2) is 18.2 Å². The van der Waals surface area contributed by atoms with Crippen LogP contribution in [0.1, 0.15) is 18.4 Å². The number of hydrogen-bond donors (Lipinski definition) is 2. The number of halogens is 1. The van der Waals surface area contributed by atoms with Crippen molar-refractivity contribution in [1.82, 2.24) is 5.32 Å². The molecule has 1 saturated carbocycles. The van der Waals surface area contributed by atoms with Crippen molar-refractivity contribution in [2.24, 2.45) is 5.41 Å². The third-order valence-electron chi connectivity index (χ3n) is 3.58. The molecule has 0 bridgehead atoms. The van der Waals surface area contributed by atoms with E-state index in [9.17, 15) is 9.18 Å². The van der Waals surface area contributed by atoms with Crippen molar-refractivity contribution in [1.29, 1.82) is 0 Å². The molecule has 0 atom stereocenters. The topological polar surface area (TPSA) is 58.6 Å². The Balaban J connectivity index is 1.77. The third-order valence-corrected chi connectivity index (χ3v) is 3.58. The highest BCUT2D eigenvalue weighted by Gasteiger charge is 2.49. The van der Waals surface area contributed by atoms with Gasteiger partial charge in [-0.1, -0.05) is 6.07 Å². The molecule has 0 saturated heterocycles. The molecule has 1 aliphatic rings. The van der Waals surface area contributed by atoms with E-state index >= 15 is 0 Å². The number of benzene rings is 1. The van der Waals surface area contributed by atoms with Crippen molar-refractivity contribution < 1.29 is 19.0 Å². The molecule has 0 unspecified atom stereocenters. The molecule has 1 aromatic carbocycles. The zero-order valence-corrected chi connectivity index (χ0v) is 10.9. The summed E-state index contributed by atoms with van der Waals surface area (Å²) in [5, 5.41) is 12.1. The SMILES string of the molecule is COc1ccc(CCNCC2(C(=O)O)CC2)cc1F. The normalized spacial score (nSPS) is 16.1. The second-order valence-corrected chi connectivity index (χ2v) is 4.98. The Kier molecular flexibility index (Phi) is 4.04. The van der Waals surface area contributed by atoms with Crippen LogP contribution in [0.2, 0.25) is 0 Å². The molecule has 0 radical (unpaired) electrons. The number of aliphatic carboxylic acids is 1. The summed E-state index contributed by atoms with van der Waals surface area (Å²) in [4.78, 5) is 11.0. The summed E-state index contributed by atoms with van der Waals surface area (Å²) < 4.78 is 18.3. The quantitative estimate of drug-likeness (QED) is 0.740. The average Bonchev–Trinajstić information content (AvgIpc) is 3.16. The summed E-state index contributed by atoms with van der Waals surface area (Å²) >= 11 is 0. The monoisotopic (exact) mass is 267 g/mol. The summed E-state index contributed by atoms with van der Waals surface area (Å²) in [7, 11) is 1.43. The van der Waals surface area contributed by atoms with Crippen LogP contribution in [-0.2, 0) is 11.2 Å². The number of ether oxygens (including phenoxy) is 1. The van der Waals surface area contributed by atoms with Crippen LogP contribution in [0.3, 0.4) is 0 Å². The number of carboxylic acids is 1. The van der Waals surface area contributed by atoms with Gasteiger partial charge in [0.25, 0.3) is 0 Å². The Bertz CT molecular complexity index is 472. The maximum absolute atomic E-state index is 13.4. The van der Waals surface area contributed by atoms with Crippen LogP contribution in [0.5, 0.6) is 5.75 Å². The van der Waals surface area contributed by atoms with E-state index < -0.39 is 11.4 Å². The molecule has 2 rings (SSSR count). The van der Waals surface area contributed by atoms with E-state index in [2.05, 4.69) is 5.32 Å². The predicted molar refractivity (Wildman–Crippen MR) is 68.8 cm³/mol. The Morgan fingerprint density at radius 3 is 2.79 bits per heavy atom. The van der Waals surface area contributed by atoms with Crippen LogP contribution in [-0.4, -0.2) is 31.3 Å². The molecule has 4 nitrogen and oxygen atoms in total. The molecule has 0 aliphatic heterocycles. The van der Waals surface area contributed by atoms with Gasteiger partial charge in [-0.05, 0) is 43.5 Å². The van der Waals surface area contributed by atoms with Gasteiger partial charge in [0.2, 0.25) is 0 Å². The van der Waals surface area contributed by atoms with E-state index in [-0.39, 0.29) is 11.6 Å². The van der Waals surface area contributed by atoms with E-state index in [4.69, 9.17) is 9.84 Å². The predicted octanol–water partition coefficient (Wildman–Crippen LogP) is 1.83. The molecule has 0 heterocycles. The number of carbonyl (C=O) groups is 1. The van der Waals surface area contributed by atoms with Crippen molar-refractivity contribution in [3.63, 3.8) is 0 Å². The number of nitrogens with one attached hydrogen (secondary N) is 1. The first kappa shape index (κ1) is 13.8. The Labute approximate surface area is 111 Å². The van der Waals surface area contributed by atoms with Crippen LogP contribution in [0.25, 0.3) is 0 Å². The first-order chi connectivity index (χ1) is 9.07. The Hall–Kier alpha value is -1.62.